The lowest BCUT2D eigenvalue weighted by Crippen LogP contribution is -2.23. The molecule has 0 atom stereocenters. The third kappa shape index (κ3) is 5.01. The average molecular weight is 382 g/mol. The third-order valence-electron chi connectivity index (χ3n) is 3.96. The van der Waals surface area contributed by atoms with Crippen molar-refractivity contribution in [2.45, 2.75) is 13.5 Å². The molecule has 0 aliphatic carbocycles. The lowest BCUT2D eigenvalue weighted by molar-refractivity contribution is -0.125. The zero-order valence-electron chi connectivity index (χ0n) is 15.1. The van der Waals surface area contributed by atoms with Crippen molar-refractivity contribution < 1.29 is 13.9 Å². The predicted octanol–water partition coefficient (Wildman–Crippen LogP) is 5.05. The summed E-state index contributed by atoms with van der Waals surface area (Å²) in [6.45, 7) is 2.58. The van der Waals surface area contributed by atoms with Crippen LogP contribution in [0.2, 0.25) is 0 Å². The van der Waals surface area contributed by atoms with E-state index < -0.39 is 5.82 Å². The Bertz CT molecular complexity index is 954. The molecule has 0 unspecified atom stereocenters. The van der Waals surface area contributed by atoms with Gasteiger partial charge >= 0.3 is 0 Å². The monoisotopic (exact) mass is 382 g/mol. The van der Waals surface area contributed by atoms with E-state index in [9.17, 15) is 9.18 Å². The van der Waals surface area contributed by atoms with Crippen LogP contribution in [0.4, 0.5) is 4.39 Å². The van der Waals surface area contributed by atoms with Gasteiger partial charge in [-0.2, -0.15) is 0 Å². The van der Waals surface area contributed by atoms with Gasteiger partial charge in [-0.05, 0) is 59.8 Å². The van der Waals surface area contributed by atoms with Crippen LogP contribution in [-0.2, 0) is 11.3 Å². The summed E-state index contributed by atoms with van der Waals surface area (Å²) >= 11 is 1.63. The number of nitrogens with zero attached hydrogens (tertiary/aromatic N) is 2. The number of thiophene rings is 1. The average Bonchev–Trinajstić information content (AvgIpc) is 3.07. The molecule has 0 saturated carbocycles. The fourth-order valence-electron chi connectivity index (χ4n) is 2.39. The number of halogens is 1. The summed E-state index contributed by atoms with van der Waals surface area (Å²) in [7, 11) is 1.75. The number of aromatic nitrogens is 1. The lowest BCUT2D eigenvalue weighted by Gasteiger charge is -2.14. The van der Waals surface area contributed by atoms with E-state index in [-0.39, 0.29) is 11.7 Å². The number of hydrogen-bond acceptors (Lipinski definition) is 4. The summed E-state index contributed by atoms with van der Waals surface area (Å²) in [5.74, 6) is -0.0768. The number of hydrogen-bond donors (Lipinski definition) is 0. The van der Waals surface area contributed by atoms with E-state index in [0.29, 0.717) is 17.9 Å². The van der Waals surface area contributed by atoms with E-state index >= 15 is 0 Å². The van der Waals surface area contributed by atoms with Gasteiger partial charge in [-0.25, -0.2) is 4.39 Å². The molecular formula is C21H19FN2O2S. The van der Waals surface area contributed by atoms with Crippen molar-refractivity contribution in [3.63, 3.8) is 0 Å². The molecule has 0 fully saturated rings. The Balaban J connectivity index is 1.63. The zero-order valence-corrected chi connectivity index (χ0v) is 15.9. The van der Waals surface area contributed by atoms with Crippen LogP contribution in [-0.4, -0.2) is 22.8 Å². The highest BCUT2D eigenvalue weighted by Gasteiger charge is 2.09. The van der Waals surface area contributed by atoms with Gasteiger partial charge in [-0.3, -0.25) is 9.78 Å². The summed E-state index contributed by atoms with van der Waals surface area (Å²) < 4.78 is 19.7. The first-order valence-electron chi connectivity index (χ1n) is 8.36. The standard InChI is InChI=1S/C21H19FN2O2S/c1-15-9-11-27-20(15)14-24(2)21(25)8-6-16-5-7-19(18(22)12-16)26-17-4-3-10-23-13-17/h3-13H,14H2,1-2H3/b8-6+. The molecule has 0 N–H and O–H groups in total. The molecule has 0 aliphatic rings. The molecule has 0 radical (unpaired) electrons. The first kappa shape index (κ1) is 18.8. The molecule has 3 rings (SSSR count). The topological polar surface area (TPSA) is 42.4 Å². The Morgan fingerprint density at radius 2 is 2.19 bits per heavy atom. The van der Waals surface area contributed by atoms with Gasteiger partial charge < -0.3 is 9.64 Å². The van der Waals surface area contributed by atoms with Crippen molar-refractivity contribution >= 4 is 23.3 Å². The van der Waals surface area contributed by atoms with E-state index in [0.717, 1.165) is 4.88 Å². The van der Waals surface area contributed by atoms with Gasteiger partial charge in [0.05, 0.1) is 12.7 Å². The molecule has 0 saturated heterocycles. The van der Waals surface area contributed by atoms with E-state index in [1.54, 1.807) is 53.8 Å². The second-order valence-electron chi connectivity index (χ2n) is 6.04. The van der Waals surface area contributed by atoms with Gasteiger partial charge in [0.25, 0.3) is 0 Å². The van der Waals surface area contributed by atoms with Gasteiger partial charge in [-0.15, -0.1) is 11.3 Å². The number of ether oxygens (including phenoxy) is 1. The molecule has 138 valence electrons. The highest BCUT2D eigenvalue weighted by Crippen LogP contribution is 2.25. The van der Waals surface area contributed by atoms with Crippen molar-refractivity contribution in [3.8, 4) is 11.5 Å². The van der Waals surface area contributed by atoms with Gasteiger partial charge in [-0.1, -0.05) is 6.07 Å². The highest BCUT2D eigenvalue weighted by molar-refractivity contribution is 7.10. The normalized spacial score (nSPS) is 10.9. The van der Waals surface area contributed by atoms with Crippen LogP contribution >= 0.6 is 11.3 Å². The number of aryl methyl sites for hydroxylation is 1. The van der Waals surface area contributed by atoms with Crippen LogP contribution in [0.1, 0.15) is 16.0 Å². The first-order chi connectivity index (χ1) is 13.0. The van der Waals surface area contributed by atoms with Crippen LogP contribution in [0.25, 0.3) is 6.08 Å². The van der Waals surface area contributed by atoms with Crippen molar-refractivity contribution in [3.05, 3.63) is 82.1 Å². The first-order valence-corrected chi connectivity index (χ1v) is 9.24. The second-order valence-corrected chi connectivity index (χ2v) is 7.04. The number of benzene rings is 1. The van der Waals surface area contributed by atoms with Crippen molar-refractivity contribution in [2.75, 3.05) is 7.05 Å². The Morgan fingerprint density at radius 1 is 1.33 bits per heavy atom. The molecule has 0 bridgehead atoms. The van der Waals surface area contributed by atoms with Gasteiger partial charge in [0.15, 0.2) is 11.6 Å². The molecule has 27 heavy (non-hydrogen) atoms. The fourth-order valence-corrected chi connectivity index (χ4v) is 3.35. The summed E-state index contributed by atoms with van der Waals surface area (Å²) in [6, 6.07) is 10.0. The van der Waals surface area contributed by atoms with Gasteiger partial charge in [0.2, 0.25) is 5.91 Å². The maximum atomic E-state index is 14.2. The summed E-state index contributed by atoms with van der Waals surface area (Å²) in [4.78, 5) is 19.0. The molecule has 2 heterocycles. The smallest absolute Gasteiger partial charge is 0.246 e. The minimum Gasteiger partial charge on any atom is -0.453 e. The zero-order chi connectivity index (χ0) is 19.2. The van der Waals surface area contributed by atoms with E-state index in [2.05, 4.69) is 4.98 Å². The third-order valence-corrected chi connectivity index (χ3v) is 4.97. The lowest BCUT2D eigenvalue weighted by atomic mass is 10.2. The summed E-state index contributed by atoms with van der Waals surface area (Å²) in [6.07, 6.45) is 6.17. The molecule has 1 aromatic carbocycles. The molecule has 6 heteroatoms. The predicted molar refractivity (Wildman–Crippen MR) is 105 cm³/mol. The fraction of sp³-hybridized carbons (Fsp3) is 0.143. The molecule has 3 aromatic rings. The quantitative estimate of drug-likeness (QED) is 0.560. The Hall–Kier alpha value is -2.99. The van der Waals surface area contributed by atoms with Crippen LogP contribution in [0.15, 0.2) is 60.2 Å². The molecule has 0 spiro atoms. The minimum atomic E-state index is -0.504. The maximum Gasteiger partial charge on any atom is 0.246 e. The number of carbonyl (C=O) groups excluding carboxylic acids is 1. The molecule has 1 amide bonds. The van der Waals surface area contributed by atoms with E-state index in [1.165, 1.54) is 30.0 Å². The second kappa shape index (κ2) is 8.60. The number of likely N-dealkylation sites (N-methyl/N-ethyl adjacent to an activating group) is 1. The van der Waals surface area contributed by atoms with Crippen LogP contribution in [0.5, 0.6) is 11.5 Å². The number of amides is 1. The van der Waals surface area contributed by atoms with Gasteiger partial charge in [0, 0.05) is 24.2 Å². The molecular weight excluding hydrogens is 363 g/mol. The van der Waals surface area contributed by atoms with Crippen LogP contribution in [0.3, 0.4) is 0 Å². The maximum absolute atomic E-state index is 14.2. The highest BCUT2D eigenvalue weighted by atomic mass is 32.1. The summed E-state index contributed by atoms with van der Waals surface area (Å²) in [5, 5.41) is 2.01. The van der Waals surface area contributed by atoms with Crippen LogP contribution < -0.4 is 4.74 Å². The van der Waals surface area contributed by atoms with Crippen molar-refractivity contribution in [1.82, 2.24) is 9.88 Å². The molecule has 2 aromatic heterocycles. The molecule has 0 aliphatic heterocycles. The van der Waals surface area contributed by atoms with Crippen molar-refractivity contribution in [2.24, 2.45) is 0 Å². The largest absolute Gasteiger partial charge is 0.453 e. The van der Waals surface area contributed by atoms with E-state index in [1.807, 2.05) is 18.4 Å². The SMILES string of the molecule is Cc1ccsc1CN(C)C(=O)/C=C/c1ccc(Oc2cccnc2)c(F)c1. The minimum absolute atomic E-state index is 0.108. The van der Waals surface area contributed by atoms with Gasteiger partial charge in [0.1, 0.15) is 5.75 Å². The van der Waals surface area contributed by atoms with Crippen molar-refractivity contribution in [1.29, 1.82) is 0 Å². The summed E-state index contributed by atoms with van der Waals surface area (Å²) in [5.41, 5.74) is 1.76. The molecule has 4 nitrogen and oxygen atoms in total. The number of rotatable bonds is 6. The van der Waals surface area contributed by atoms with Crippen LogP contribution in [0, 0.1) is 12.7 Å². The number of carbonyl (C=O) groups is 1. The Kier molecular flexibility index (Phi) is 5.98. The van der Waals surface area contributed by atoms with E-state index in [4.69, 9.17) is 4.74 Å². The Morgan fingerprint density at radius 3 is 2.85 bits per heavy atom. The Labute approximate surface area is 161 Å². The number of pyridine rings is 1.